The molecule has 3 aliphatic rings. The number of aromatic amines is 1. The largest absolute Gasteiger partial charge is 0.373 e. The van der Waals surface area contributed by atoms with Gasteiger partial charge in [0, 0.05) is 23.5 Å². The van der Waals surface area contributed by atoms with E-state index in [1.165, 1.54) is 16.7 Å². The number of allylic oxidation sites excluding steroid dienone is 1. The fourth-order valence-electron chi connectivity index (χ4n) is 5.44. The second-order valence-electron chi connectivity index (χ2n) is 8.38. The molecule has 1 atom stereocenters. The number of carbonyl (C=O) groups is 1. The van der Waals surface area contributed by atoms with E-state index in [9.17, 15) is 4.79 Å². The number of hydrogen-bond donors (Lipinski definition) is 2. The van der Waals surface area contributed by atoms with Crippen molar-refractivity contribution in [3.8, 4) is 0 Å². The van der Waals surface area contributed by atoms with Crippen molar-refractivity contribution in [3.05, 3.63) is 59.4 Å². The van der Waals surface area contributed by atoms with E-state index in [0.29, 0.717) is 6.54 Å². The van der Waals surface area contributed by atoms with Crippen molar-refractivity contribution < 1.29 is 4.79 Å². The number of nitrogens with zero attached hydrogens (tertiary/aromatic N) is 2. The molecule has 1 aromatic heterocycles. The zero-order chi connectivity index (χ0) is 20.2. The summed E-state index contributed by atoms with van der Waals surface area (Å²) >= 11 is 0. The normalized spacial score (nSPS) is 21.3. The van der Waals surface area contributed by atoms with Gasteiger partial charge >= 0.3 is 0 Å². The molecule has 5 heteroatoms. The van der Waals surface area contributed by atoms with E-state index in [1.807, 2.05) is 17.2 Å². The van der Waals surface area contributed by atoms with Crippen LogP contribution in [-0.2, 0) is 16.6 Å². The minimum Gasteiger partial charge on any atom is -0.373 e. The quantitative estimate of drug-likeness (QED) is 0.734. The summed E-state index contributed by atoms with van der Waals surface area (Å²) in [7, 11) is 0. The number of aromatic nitrogens is 2. The lowest BCUT2D eigenvalue weighted by Crippen LogP contribution is -2.39. The highest BCUT2D eigenvalue weighted by Crippen LogP contribution is 2.51. The van der Waals surface area contributed by atoms with Crippen LogP contribution in [0.25, 0.3) is 5.57 Å². The first-order valence-electron chi connectivity index (χ1n) is 10.7. The van der Waals surface area contributed by atoms with Crippen LogP contribution in [0.2, 0.25) is 0 Å². The molecule has 3 heterocycles. The van der Waals surface area contributed by atoms with Crippen LogP contribution in [0, 0.1) is 0 Å². The van der Waals surface area contributed by atoms with Crippen LogP contribution in [0.15, 0.2) is 37.1 Å². The van der Waals surface area contributed by atoms with Crippen LogP contribution in [0.3, 0.4) is 0 Å². The highest BCUT2D eigenvalue weighted by molar-refractivity contribution is 6.09. The predicted molar refractivity (Wildman–Crippen MR) is 117 cm³/mol. The molecule has 2 aromatic rings. The molecule has 1 aliphatic carbocycles. The molecule has 0 spiro atoms. The maximum Gasteiger partial charge on any atom is 0.237 e. The Labute approximate surface area is 171 Å². The second kappa shape index (κ2) is 6.61. The number of rotatable bonds is 4. The number of nitrogens with one attached hydrogen (secondary N) is 2. The molecule has 2 aliphatic heterocycles. The molecule has 0 radical (unpaired) electrons. The van der Waals surface area contributed by atoms with E-state index in [4.69, 9.17) is 0 Å². The van der Waals surface area contributed by atoms with Gasteiger partial charge in [0.05, 0.1) is 23.3 Å². The Kier molecular flexibility index (Phi) is 4.16. The van der Waals surface area contributed by atoms with Crippen molar-refractivity contribution in [1.82, 2.24) is 10.2 Å². The molecule has 1 unspecified atom stereocenters. The Hall–Kier alpha value is -2.82. The first-order valence-corrected chi connectivity index (χ1v) is 10.7. The minimum atomic E-state index is -0.442. The van der Waals surface area contributed by atoms with Gasteiger partial charge in [-0.25, -0.2) is 0 Å². The van der Waals surface area contributed by atoms with Gasteiger partial charge in [-0.05, 0) is 60.9 Å². The van der Waals surface area contributed by atoms with Crippen molar-refractivity contribution in [2.45, 2.75) is 57.4 Å². The molecule has 0 saturated carbocycles. The number of anilines is 2. The fraction of sp³-hybridized carbons (Fsp3) is 0.417. The Bertz CT molecular complexity index is 1030. The summed E-state index contributed by atoms with van der Waals surface area (Å²) in [6.45, 7) is 8.68. The van der Waals surface area contributed by atoms with Gasteiger partial charge in [-0.3, -0.25) is 9.89 Å². The summed E-state index contributed by atoms with van der Waals surface area (Å²) in [5.74, 6) is 0.210. The van der Waals surface area contributed by atoms with Gasteiger partial charge in [0.2, 0.25) is 5.91 Å². The molecule has 5 nitrogen and oxygen atoms in total. The van der Waals surface area contributed by atoms with Gasteiger partial charge in [0.15, 0.2) is 0 Å². The molecule has 2 N–H and O–H groups in total. The molecule has 29 heavy (non-hydrogen) atoms. The molecule has 5 rings (SSSR count). The number of benzene rings is 1. The molecular formula is C24H28N4O. The number of fused-ring (bicyclic) bond motifs is 6. The van der Waals surface area contributed by atoms with Gasteiger partial charge in [-0.2, -0.15) is 5.10 Å². The fourth-order valence-corrected chi connectivity index (χ4v) is 5.44. The first-order chi connectivity index (χ1) is 14.1. The van der Waals surface area contributed by atoms with Crippen molar-refractivity contribution in [2.24, 2.45) is 0 Å². The summed E-state index contributed by atoms with van der Waals surface area (Å²) < 4.78 is 0. The average molecular weight is 389 g/mol. The third kappa shape index (κ3) is 2.46. The van der Waals surface area contributed by atoms with Crippen molar-refractivity contribution in [1.29, 1.82) is 0 Å². The smallest absolute Gasteiger partial charge is 0.237 e. The van der Waals surface area contributed by atoms with Crippen LogP contribution in [-0.4, -0.2) is 22.6 Å². The Morgan fingerprint density at radius 2 is 2.14 bits per heavy atom. The number of hydrogen-bond acceptors (Lipinski definition) is 3. The van der Waals surface area contributed by atoms with Crippen LogP contribution < -0.4 is 10.2 Å². The Morgan fingerprint density at radius 3 is 2.90 bits per heavy atom. The molecule has 2 bridgehead atoms. The summed E-state index contributed by atoms with van der Waals surface area (Å²) in [4.78, 5) is 15.4. The van der Waals surface area contributed by atoms with E-state index < -0.39 is 5.41 Å². The van der Waals surface area contributed by atoms with Gasteiger partial charge in [0.1, 0.15) is 0 Å². The minimum absolute atomic E-state index is 0.104. The maximum atomic E-state index is 13.4. The number of aryl methyl sites for hydroxylation is 1. The summed E-state index contributed by atoms with van der Waals surface area (Å²) in [6.07, 6.45) is 10.9. The molecule has 0 saturated heterocycles. The highest BCUT2D eigenvalue weighted by atomic mass is 16.2. The van der Waals surface area contributed by atoms with Crippen LogP contribution in [0.5, 0.6) is 0 Å². The van der Waals surface area contributed by atoms with Gasteiger partial charge < -0.3 is 10.2 Å². The lowest BCUT2D eigenvalue weighted by Gasteiger charge is -2.30. The van der Waals surface area contributed by atoms with Gasteiger partial charge in [-0.15, -0.1) is 6.58 Å². The summed E-state index contributed by atoms with van der Waals surface area (Å²) in [5, 5.41) is 11.2. The van der Waals surface area contributed by atoms with Gasteiger partial charge in [-0.1, -0.05) is 26.0 Å². The summed E-state index contributed by atoms with van der Waals surface area (Å²) in [5.41, 5.74) is 7.96. The zero-order valence-corrected chi connectivity index (χ0v) is 17.2. The molecule has 150 valence electrons. The Balaban J connectivity index is 1.68. The van der Waals surface area contributed by atoms with Crippen LogP contribution in [0.1, 0.15) is 68.0 Å². The topological polar surface area (TPSA) is 61.0 Å². The zero-order valence-electron chi connectivity index (χ0n) is 17.2. The number of H-pyrrole nitrogens is 1. The van der Waals surface area contributed by atoms with E-state index in [0.717, 1.165) is 54.7 Å². The Morgan fingerprint density at radius 1 is 1.31 bits per heavy atom. The highest BCUT2D eigenvalue weighted by Gasteiger charge is 2.48. The lowest BCUT2D eigenvalue weighted by atomic mass is 9.76. The van der Waals surface area contributed by atoms with E-state index >= 15 is 0 Å². The van der Waals surface area contributed by atoms with Gasteiger partial charge in [0.25, 0.3) is 0 Å². The number of amides is 1. The lowest BCUT2D eigenvalue weighted by molar-refractivity contribution is -0.123. The second-order valence-corrected chi connectivity index (χ2v) is 8.38. The third-order valence-corrected chi connectivity index (χ3v) is 7.09. The third-order valence-electron chi connectivity index (χ3n) is 7.09. The summed E-state index contributed by atoms with van der Waals surface area (Å²) in [6, 6.07) is 4.59. The SMILES string of the molecule is C=CCN1C(=O)C(CC)(CC)c2cc3c(cc21)C1=CC(N3)c2[nH]ncc2CCC1. The first kappa shape index (κ1) is 18.2. The molecular weight excluding hydrogens is 360 g/mol. The van der Waals surface area contributed by atoms with Crippen molar-refractivity contribution in [2.75, 3.05) is 16.8 Å². The van der Waals surface area contributed by atoms with E-state index in [2.05, 4.69) is 54.1 Å². The van der Waals surface area contributed by atoms with E-state index in [1.54, 1.807) is 0 Å². The molecule has 1 amide bonds. The maximum absolute atomic E-state index is 13.4. The predicted octanol–water partition coefficient (Wildman–Crippen LogP) is 4.89. The average Bonchev–Trinajstić information content (AvgIpc) is 3.27. The number of carbonyl (C=O) groups excluding carboxylic acids is 1. The van der Waals surface area contributed by atoms with E-state index in [-0.39, 0.29) is 11.9 Å². The monoisotopic (exact) mass is 388 g/mol. The van der Waals surface area contributed by atoms with Crippen LogP contribution in [0.4, 0.5) is 11.4 Å². The standard InChI is InChI=1S/C24H28N4O/c1-4-10-28-21-12-17-15-8-7-9-16-14-25-27-22(16)20(11-15)26-19(17)13-18(21)24(5-2,6-3)23(28)29/h4,11-14,20,26H,1,5-10H2,2-3H3,(H,25,27). The van der Waals surface area contributed by atoms with Crippen LogP contribution >= 0.6 is 0 Å². The molecule has 1 aromatic carbocycles. The van der Waals surface area contributed by atoms with Crippen molar-refractivity contribution >= 4 is 22.9 Å². The van der Waals surface area contributed by atoms with Crippen molar-refractivity contribution in [3.63, 3.8) is 0 Å². The molecule has 0 fully saturated rings.